The first-order chi connectivity index (χ1) is 18.5. The Balaban J connectivity index is 1.35. The molecule has 1 fully saturated rings. The number of fused-ring (bicyclic) bond motifs is 2. The van der Waals surface area contributed by atoms with Crippen molar-refractivity contribution in [2.75, 3.05) is 18.4 Å². The van der Waals surface area contributed by atoms with Gasteiger partial charge < -0.3 is 15.2 Å². The topological polar surface area (TPSA) is 128 Å². The summed E-state index contributed by atoms with van der Waals surface area (Å²) in [6.45, 7) is 9.99. The van der Waals surface area contributed by atoms with E-state index in [4.69, 9.17) is 4.98 Å². The molecule has 0 bridgehead atoms. The van der Waals surface area contributed by atoms with E-state index in [-0.39, 0.29) is 5.91 Å². The standard InChI is InChI=1S/C28H29N9O/c1-16(2)8-17(3)32-20-9-18(11-29-13-20)19-10-21-25(35-36-26(21)31-12-19)27-33-23-15-30-14-22(24(23)34-27)28(38)37-6-4-5-7-37/h9-16,32H,3-8H2,1-2H3,(H,33,34)(H,31,35,36). The van der Waals surface area contributed by atoms with Crippen molar-refractivity contribution in [2.45, 2.75) is 33.1 Å². The van der Waals surface area contributed by atoms with Crippen molar-refractivity contribution in [2.24, 2.45) is 5.92 Å². The number of aromatic amines is 2. The van der Waals surface area contributed by atoms with E-state index in [9.17, 15) is 4.79 Å². The predicted molar refractivity (Wildman–Crippen MR) is 147 cm³/mol. The van der Waals surface area contributed by atoms with E-state index in [0.29, 0.717) is 39.7 Å². The summed E-state index contributed by atoms with van der Waals surface area (Å²) in [6, 6.07) is 4.05. The maximum absolute atomic E-state index is 13.1. The van der Waals surface area contributed by atoms with Gasteiger partial charge in [0.25, 0.3) is 5.91 Å². The SMILES string of the molecule is C=C(CC(C)C)Nc1cncc(-c2cnc3n[nH]c(-c4nc5c(C(=O)N6CCCC6)cncc5[nH]4)c3c2)c1. The molecule has 0 unspecified atom stereocenters. The Hall–Kier alpha value is -4.60. The van der Waals surface area contributed by atoms with Gasteiger partial charge in [-0.05, 0) is 37.3 Å². The summed E-state index contributed by atoms with van der Waals surface area (Å²) < 4.78 is 0. The van der Waals surface area contributed by atoms with Gasteiger partial charge in [-0.2, -0.15) is 5.10 Å². The molecular weight excluding hydrogens is 478 g/mol. The smallest absolute Gasteiger partial charge is 0.257 e. The summed E-state index contributed by atoms with van der Waals surface area (Å²) in [5, 5.41) is 11.6. The lowest BCUT2D eigenvalue weighted by atomic mass is 10.1. The van der Waals surface area contributed by atoms with Crippen LogP contribution in [0.15, 0.2) is 55.4 Å². The van der Waals surface area contributed by atoms with Crippen LogP contribution in [0.1, 0.15) is 43.5 Å². The highest BCUT2D eigenvalue weighted by molar-refractivity contribution is 6.05. The number of anilines is 1. The Bertz CT molecular complexity index is 1660. The van der Waals surface area contributed by atoms with Gasteiger partial charge in [0.1, 0.15) is 11.2 Å². The molecule has 10 heteroatoms. The Morgan fingerprint density at radius 1 is 1.08 bits per heavy atom. The highest BCUT2D eigenvalue weighted by atomic mass is 16.2. The fraction of sp³-hybridized carbons (Fsp3) is 0.286. The second-order valence-corrected chi connectivity index (χ2v) is 10.2. The number of nitrogens with zero attached hydrogens (tertiary/aromatic N) is 6. The molecule has 3 N–H and O–H groups in total. The van der Waals surface area contributed by atoms with Gasteiger partial charge >= 0.3 is 0 Å². The lowest BCUT2D eigenvalue weighted by Gasteiger charge is -2.14. The van der Waals surface area contributed by atoms with E-state index in [1.54, 1.807) is 24.8 Å². The molecule has 38 heavy (non-hydrogen) atoms. The fourth-order valence-corrected chi connectivity index (χ4v) is 4.95. The van der Waals surface area contributed by atoms with Crippen LogP contribution in [0.2, 0.25) is 0 Å². The first-order valence-electron chi connectivity index (χ1n) is 12.8. The van der Waals surface area contributed by atoms with Crippen molar-refractivity contribution in [3.8, 4) is 22.6 Å². The number of likely N-dealkylation sites (tertiary alicyclic amines) is 1. The number of carbonyl (C=O) groups is 1. The number of hydrogen-bond acceptors (Lipinski definition) is 7. The van der Waals surface area contributed by atoms with Crippen LogP contribution < -0.4 is 5.32 Å². The fourth-order valence-electron chi connectivity index (χ4n) is 4.95. The molecule has 0 radical (unpaired) electrons. The summed E-state index contributed by atoms with van der Waals surface area (Å²) in [5.41, 5.74) is 6.71. The van der Waals surface area contributed by atoms with Crippen molar-refractivity contribution < 1.29 is 4.79 Å². The lowest BCUT2D eigenvalue weighted by molar-refractivity contribution is 0.0794. The molecule has 0 aliphatic carbocycles. The molecule has 0 atom stereocenters. The van der Waals surface area contributed by atoms with Gasteiger partial charge in [-0.1, -0.05) is 20.4 Å². The first-order valence-corrected chi connectivity index (χ1v) is 12.8. The van der Waals surface area contributed by atoms with E-state index in [1.165, 1.54) is 0 Å². The largest absolute Gasteiger partial charge is 0.358 e. The molecule has 5 aromatic heterocycles. The summed E-state index contributed by atoms with van der Waals surface area (Å²) >= 11 is 0. The van der Waals surface area contributed by atoms with Gasteiger partial charge in [-0.3, -0.25) is 19.9 Å². The average Bonchev–Trinajstić information content (AvgIpc) is 3.66. The molecule has 0 saturated carbocycles. The summed E-state index contributed by atoms with van der Waals surface area (Å²) in [6.07, 6.45) is 11.6. The number of pyridine rings is 3. The molecule has 0 aromatic carbocycles. The van der Waals surface area contributed by atoms with Gasteiger partial charge in [0.2, 0.25) is 0 Å². The quantitative estimate of drug-likeness (QED) is 0.277. The number of nitrogens with one attached hydrogen (secondary N) is 3. The van der Waals surface area contributed by atoms with Crippen molar-refractivity contribution in [1.82, 2.24) is 40.0 Å². The van der Waals surface area contributed by atoms with Crippen molar-refractivity contribution in [3.05, 3.63) is 61.0 Å². The monoisotopic (exact) mass is 507 g/mol. The number of carbonyl (C=O) groups excluding carboxylic acids is 1. The highest BCUT2D eigenvalue weighted by Crippen LogP contribution is 2.31. The van der Waals surface area contributed by atoms with E-state index < -0.39 is 0 Å². The molecule has 0 spiro atoms. The van der Waals surface area contributed by atoms with Gasteiger partial charge in [-0.15, -0.1) is 0 Å². The molecule has 1 amide bonds. The highest BCUT2D eigenvalue weighted by Gasteiger charge is 2.24. The van der Waals surface area contributed by atoms with Crippen molar-refractivity contribution in [3.63, 3.8) is 0 Å². The van der Waals surface area contributed by atoms with E-state index in [0.717, 1.165) is 60.2 Å². The van der Waals surface area contributed by atoms with Gasteiger partial charge in [0, 0.05) is 48.5 Å². The molecular formula is C28H29N9O. The minimum Gasteiger partial charge on any atom is -0.358 e. The molecule has 1 aliphatic heterocycles. The van der Waals surface area contributed by atoms with Gasteiger partial charge in [0.05, 0.1) is 34.5 Å². The Labute approximate surface area is 219 Å². The van der Waals surface area contributed by atoms with Crippen LogP contribution in [0, 0.1) is 5.92 Å². The van der Waals surface area contributed by atoms with Crippen LogP contribution in [-0.2, 0) is 0 Å². The van der Waals surface area contributed by atoms with Crippen LogP contribution in [-0.4, -0.2) is 59.0 Å². The number of H-pyrrole nitrogens is 2. The molecule has 6 heterocycles. The molecule has 6 rings (SSSR count). The van der Waals surface area contributed by atoms with Crippen molar-refractivity contribution in [1.29, 1.82) is 0 Å². The minimum absolute atomic E-state index is 0.0332. The zero-order chi connectivity index (χ0) is 26.2. The Kier molecular flexibility index (Phi) is 6.07. The van der Waals surface area contributed by atoms with Crippen LogP contribution in [0.25, 0.3) is 44.7 Å². The van der Waals surface area contributed by atoms with E-state index in [2.05, 4.69) is 55.9 Å². The molecule has 1 saturated heterocycles. The summed E-state index contributed by atoms with van der Waals surface area (Å²) in [5.74, 6) is 1.05. The van der Waals surface area contributed by atoms with E-state index in [1.807, 2.05) is 23.2 Å². The molecule has 5 aromatic rings. The third kappa shape index (κ3) is 4.49. The number of amides is 1. The molecule has 1 aliphatic rings. The van der Waals surface area contributed by atoms with Crippen LogP contribution in [0.5, 0.6) is 0 Å². The van der Waals surface area contributed by atoms with Crippen molar-refractivity contribution >= 4 is 33.7 Å². The number of aromatic nitrogens is 7. The number of imidazole rings is 1. The van der Waals surface area contributed by atoms with Gasteiger partial charge in [0.15, 0.2) is 11.5 Å². The molecule has 10 nitrogen and oxygen atoms in total. The normalized spacial score (nSPS) is 13.6. The zero-order valence-electron chi connectivity index (χ0n) is 21.5. The maximum Gasteiger partial charge on any atom is 0.257 e. The Morgan fingerprint density at radius 2 is 1.87 bits per heavy atom. The number of hydrogen-bond donors (Lipinski definition) is 3. The maximum atomic E-state index is 13.1. The lowest BCUT2D eigenvalue weighted by Crippen LogP contribution is -2.27. The third-order valence-corrected chi connectivity index (χ3v) is 6.71. The Morgan fingerprint density at radius 3 is 2.68 bits per heavy atom. The van der Waals surface area contributed by atoms with Gasteiger partial charge in [-0.25, -0.2) is 9.97 Å². The zero-order valence-corrected chi connectivity index (χ0v) is 21.5. The van der Waals surface area contributed by atoms with Crippen LogP contribution in [0.3, 0.4) is 0 Å². The number of rotatable bonds is 7. The minimum atomic E-state index is -0.0332. The van der Waals surface area contributed by atoms with Crippen LogP contribution >= 0.6 is 0 Å². The third-order valence-electron chi connectivity index (χ3n) is 6.71. The average molecular weight is 508 g/mol. The first kappa shape index (κ1) is 23.8. The van der Waals surface area contributed by atoms with E-state index >= 15 is 0 Å². The number of allylic oxidation sites excluding steroid dienone is 1. The summed E-state index contributed by atoms with van der Waals surface area (Å²) in [4.78, 5) is 36.3. The second kappa shape index (κ2) is 9.70. The predicted octanol–water partition coefficient (Wildman–Crippen LogP) is 5.17. The summed E-state index contributed by atoms with van der Waals surface area (Å²) in [7, 11) is 0. The second-order valence-electron chi connectivity index (χ2n) is 10.2. The van der Waals surface area contributed by atoms with Crippen LogP contribution in [0.4, 0.5) is 5.69 Å². The molecule has 192 valence electrons.